The topological polar surface area (TPSA) is 21.3 Å². The van der Waals surface area contributed by atoms with Crippen LogP contribution < -0.4 is 5.32 Å². The van der Waals surface area contributed by atoms with E-state index in [1.54, 1.807) is 0 Å². The summed E-state index contributed by atoms with van der Waals surface area (Å²) in [6.45, 7) is 2.98. The first-order chi connectivity index (χ1) is 6.90. The summed E-state index contributed by atoms with van der Waals surface area (Å²) in [6, 6.07) is 10.9. The highest BCUT2D eigenvalue weighted by atomic mass is 16.5. The van der Waals surface area contributed by atoms with E-state index >= 15 is 0 Å². The van der Waals surface area contributed by atoms with Gasteiger partial charge < -0.3 is 4.74 Å². The Morgan fingerprint density at radius 1 is 1.36 bits per heavy atom. The molecule has 1 N–H and O–H groups in total. The monoisotopic (exact) mass is 191 g/mol. The largest absolute Gasteiger partial charge is 0.361 e. The second kappa shape index (κ2) is 4.58. The van der Waals surface area contributed by atoms with Crippen LogP contribution in [0, 0.1) is 0 Å². The van der Waals surface area contributed by atoms with Gasteiger partial charge in [-0.2, -0.15) is 0 Å². The molecule has 0 bridgehead atoms. The lowest BCUT2D eigenvalue weighted by Gasteiger charge is -2.11. The van der Waals surface area contributed by atoms with Crippen molar-refractivity contribution in [2.45, 2.75) is 32.0 Å². The Bertz CT molecular complexity index is 273. The lowest BCUT2D eigenvalue weighted by atomic mass is 10.1. The Labute approximate surface area is 85.3 Å². The molecule has 0 amide bonds. The van der Waals surface area contributed by atoms with Gasteiger partial charge in [0.25, 0.3) is 0 Å². The molecule has 2 atom stereocenters. The van der Waals surface area contributed by atoms with E-state index in [4.69, 9.17) is 4.74 Å². The van der Waals surface area contributed by atoms with E-state index in [2.05, 4.69) is 36.5 Å². The molecular weight excluding hydrogens is 174 g/mol. The predicted octanol–water partition coefficient (Wildman–Crippen LogP) is 2.47. The number of nitrogens with one attached hydrogen (secondary N) is 1. The summed E-state index contributed by atoms with van der Waals surface area (Å²) in [7, 11) is 0. The minimum atomic E-state index is 0.255. The Hall–Kier alpha value is -0.860. The van der Waals surface area contributed by atoms with Crippen molar-refractivity contribution >= 4 is 0 Å². The van der Waals surface area contributed by atoms with E-state index < -0.39 is 0 Å². The van der Waals surface area contributed by atoms with Gasteiger partial charge in [-0.25, -0.2) is 0 Å². The third-order valence-electron chi connectivity index (χ3n) is 2.60. The fraction of sp³-hybridized carbons (Fsp3) is 0.500. The van der Waals surface area contributed by atoms with Crippen LogP contribution in [0.4, 0.5) is 0 Å². The quantitative estimate of drug-likeness (QED) is 0.792. The summed E-state index contributed by atoms with van der Waals surface area (Å²) in [5.74, 6) is 0. The van der Waals surface area contributed by atoms with Gasteiger partial charge in [0.1, 0.15) is 6.23 Å². The highest BCUT2D eigenvalue weighted by molar-refractivity contribution is 5.19. The standard InChI is InChI=1S/C12H17NO/c1-2-6-12-13-11(9-14-12)10-7-4-3-5-8-10/h3-5,7-8,11-13H,2,6,9H2,1H3. The Balaban J connectivity index is 1.96. The number of ether oxygens (including phenoxy) is 1. The zero-order valence-electron chi connectivity index (χ0n) is 8.57. The number of rotatable bonds is 3. The first kappa shape index (κ1) is 9.69. The number of hydrogen-bond acceptors (Lipinski definition) is 2. The van der Waals surface area contributed by atoms with Crippen molar-refractivity contribution in [2.75, 3.05) is 6.61 Å². The molecular formula is C12H17NO. The van der Waals surface area contributed by atoms with Crippen LogP contribution >= 0.6 is 0 Å². The van der Waals surface area contributed by atoms with Crippen molar-refractivity contribution < 1.29 is 4.74 Å². The van der Waals surface area contributed by atoms with Crippen LogP contribution in [-0.4, -0.2) is 12.8 Å². The third-order valence-corrected chi connectivity index (χ3v) is 2.60. The van der Waals surface area contributed by atoms with Gasteiger partial charge in [-0.3, -0.25) is 5.32 Å². The Kier molecular flexibility index (Phi) is 3.17. The molecule has 1 heterocycles. The molecule has 2 heteroatoms. The molecule has 0 spiro atoms. The number of benzene rings is 1. The summed E-state index contributed by atoms with van der Waals surface area (Å²) in [6.07, 6.45) is 2.52. The van der Waals surface area contributed by atoms with Gasteiger partial charge in [-0.15, -0.1) is 0 Å². The summed E-state index contributed by atoms with van der Waals surface area (Å²) in [4.78, 5) is 0. The molecule has 0 radical (unpaired) electrons. The van der Waals surface area contributed by atoms with E-state index in [0.29, 0.717) is 6.04 Å². The van der Waals surface area contributed by atoms with E-state index in [1.165, 1.54) is 12.0 Å². The maximum absolute atomic E-state index is 5.65. The first-order valence-corrected chi connectivity index (χ1v) is 5.32. The summed E-state index contributed by atoms with van der Waals surface area (Å²) in [5.41, 5.74) is 1.33. The molecule has 2 unspecified atom stereocenters. The maximum atomic E-state index is 5.65. The second-order valence-electron chi connectivity index (χ2n) is 3.74. The Morgan fingerprint density at radius 3 is 2.86 bits per heavy atom. The zero-order valence-corrected chi connectivity index (χ0v) is 8.57. The van der Waals surface area contributed by atoms with Crippen LogP contribution in [0.3, 0.4) is 0 Å². The van der Waals surface area contributed by atoms with Crippen molar-refractivity contribution in [3.05, 3.63) is 35.9 Å². The van der Waals surface area contributed by atoms with E-state index in [1.807, 2.05) is 6.07 Å². The molecule has 1 aromatic rings. The summed E-state index contributed by atoms with van der Waals surface area (Å²) >= 11 is 0. The molecule has 0 aromatic heterocycles. The van der Waals surface area contributed by atoms with Crippen molar-refractivity contribution in [3.8, 4) is 0 Å². The highest BCUT2D eigenvalue weighted by Crippen LogP contribution is 2.21. The molecule has 0 aliphatic carbocycles. The molecule has 76 valence electrons. The third kappa shape index (κ3) is 2.14. The molecule has 14 heavy (non-hydrogen) atoms. The van der Waals surface area contributed by atoms with E-state index in [0.717, 1.165) is 13.0 Å². The van der Waals surface area contributed by atoms with Gasteiger partial charge in [-0.05, 0) is 12.0 Å². The Morgan fingerprint density at radius 2 is 2.14 bits per heavy atom. The summed E-state index contributed by atoms with van der Waals surface area (Å²) < 4.78 is 5.65. The highest BCUT2D eigenvalue weighted by Gasteiger charge is 2.24. The molecule has 1 aliphatic heterocycles. The van der Waals surface area contributed by atoms with Crippen LogP contribution in [0.5, 0.6) is 0 Å². The van der Waals surface area contributed by atoms with Gasteiger partial charge in [0.15, 0.2) is 0 Å². The molecule has 1 aliphatic rings. The minimum Gasteiger partial charge on any atom is -0.361 e. The van der Waals surface area contributed by atoms with E-state index in [9.17, 15) is 0 Å². The predicted molar refractivity (Wildman–Crippen MR) is 57.0 cm³/mol. The van der Waals surface area contributed by atoms with Gasteiger partial charge >= 0.3 is 0 Å². The lowest BCUT2D eigenvalue weighted by molar-refractivity contribution is 0.0927. The molecule has 2 rings (SSSR count). The van der Waals surface area contributed by atoms with Crippen LogP contribution in [0.15, 0.2) is 30.3 Å². The SMILES string of the molecule is CCCC1NC(c2ccccc2)CO1. The fourth-order valence-corrected chi connectivity index (χ4v) is 1.84. The van der Waals surface area contributed by atoms with Crippen LogP contribution in [-0.2, 0) is 4.74 Å². The molecule has 0 saturated carbocycles. The van der Waals surface area contributed by atoms with Crippen LogP contribution in [0.2, 0.25) is 0 Å². The van der Waals surface area contributed by atoms with Crippen LogP contribution in [0.25, 0.3) is 0 Å². The summed E-state index contributed by atoms with van der Waals surface area (Å²) in [5, 5.41) is 3.49. The molecule has 1 saturated heterocycles. The molecule has 1 aromatic carbocycles. The van der Waals surface area contributed by atoms with Gasteiger partial charge in [0, 0.05) is 0 Å². The van der Waals surface area contributed by atoms with Crippen LogP contribution in [0.1, 0.15) is 31.4 Å². The van der Waals surface area contributed by atoms with Gasteiger partial charge in [0.2, 0.25) is 0 Å². The lowest BCUT2D eigenvalue weighted by Crippen LogP contribution is -2.24. The van der Waals surface area contributed by atoms with Gasteiger partial charge in [-0.1, -0.05) is 43.7 Å². The minimum absolute atomic E-state index is 0.255. The van der Waals surface area contributed by atoms with Crippen molar-refractivity contribution in [2.24, 2.45) is 0 Å². The average molecular weight is 191 g/mol. The number of hydrogen-bond donors (Lipinski definition) is 1. The zero-order chi connectivity index (χ0) is 9.80. The second-order valence-corrected chi connectivity index (χ2v) is 3.74. The average Bonchev–Trinajstić information content (AvgIpc) is 2.68. The van der Waals surface area contributed by atoms with Gasteiger partial charge in [0.05, 0.1) is 12.6 Å². The maximum Gasteiger partial charge on any atom is 0.108 e. The first-order valence-electron chi connectivity index (χ1n) is 5.32. The smallest absolute Gasteiger partial charge is 0.108 e. The molecule has 1 fully saturated rings. The van der Waals surface area contributed by atoms with E-state index in [-0.39, 0.29) is 6.23 Å². The van der Waals surface area contributed by atoms with Crippen molar-refractivity contribution in [1.82, 2.24) is 5.32 Å². The molecule has 2 nitrogen and oxygen atoms in total. The normalized spacial score (nSPS) is 26.6. The van der Waals surface area contributed by atoms with Crippen molar-refractivity contribution in [1.29, 1.82) is 0 Å². The van der Waals surface area contributed by atoms with Crippen molar-refractivity contribution in [3.63, 3.8) is 0 Å². The fourth-order valence-electron chi connectivity index (χ4n) is 1.84.